The van der Waals surface area contributed by atoms with Gasteiger partial charge in [0.15, 0.2) is 0 Å². The number of fused-ring (bicyclic) bond motifs is 1. The number of ether oxygens (including phenoxy) is 2. The van der Waals surface area contributed by atoms with Gasteiger partial charge in [-0.25, -0.2) is 0 Å². The molecule has 5 nitrogen and oxygen atoms in total. The van der Waals surface area contributed by atoms with E-state index in [0.29, 0.717) is 11.3 Å². The van der Waals surface area contributed by atoms with Crippen LogP contribution in [0.5, 0.6) is 11.5 Å². The molecule has 0 bridgehead atoms. The quantitative estimate of drug-likeness (QED) is 0.425. The van der Waals surface area contributed by atoms with E-state index in [0.717, 1.165) is 27.8 Å². The van der Waals surface area contributed by atoms with Crippen molar-refractivity contribution in [2.24, 2.45) is 0 Å². The van der Waals surface area contributed by atoms with Gasteiger partial charge in [0.25, 0.3) is 0 Å². The molecule has 0 aliphatic carbocycles. The Kier molecular flexibility index (Phi) is 4.76. The number of rotatable bonds is 5. The molecule has 1 aromatic heterocycles. The Morgan fingerprint density at radius 3 is 2.62 bits per heavy atom. The van der Waals surface area contributed by atoms with E-state index < -0.39 is 0 Å². The highest BCUT2D eigenvalue weighted by molar-refractivity contribution is 6.20. The number of benzene rings is 2. The van der Waals surface area contributed by atoms with E-state index in [9.17, 15) is 10.1 Å². The predicted octanol–water partition coefficient (Wildman–Crippen LogP) is 4.28. The summed E-state index contributed by atoms with van der Waals surface area (Å²) in [4.78, 5) is 15.9. The third-order valence-corrected chi connectivity index (χ3v) is 4.23. The Hall–Kier alpha value is -3.52. The molecule has 26 heavy (non-hydrogen) atoms. The molecule has 130 valence electrons. The number of ketones is 1. The molecular weight excluding hydrogens is 328 g/mol. The molecule has 0 spiro atoms. The van der Waals surface area contributed by atoms with E-state index in [1.165, 1.54) is 0 Å². The molecule has 3 rings (SSSR count). The second-order valence-electron chi connectivity index (χ2n) is 5.84. The van der Waals surface area contributed by atoms with Gasteiger partial charge in [0, 0.05) is 22.7 Å². The molecule has 2 aromatic carbocycles. The highest BCUT2D eigenvalue weighted by Gasteiger charge is 2.17. The second-order valence-corrected chi connectivity index (χ2v) is 5.84. The summed E-state index contributed by atoms with van der Waals surface area (Å²) in [5.74, 6) is 1.08. The highest BCUT2D eigenvalue weighted by atomic mass is 16.5. The number of aromatic nitrogens is 1. The van der Waals surface area contributed by atoms with Crippen LogP contribution in [0.1, 0.15) is 21.5 Å². The number of nitrogens with one attached hydrogen (secondary N) is 1. The highest BCUT2D eigenvalue weighted by Crippen LogP contribution is 2.26. The molecule has 0 aliphatic rings. The Bertz CT molecular complexity index is 1050. The summed E-state index contributed by atoms with van der Waals surface area (Å²) in [6.07, 6.45) is 3.21. The van der Waals surface area contributed by atoms with Crippen molar-refractivity contribution in [3.05, 3.63) is 64.9 Å². The number of methoxy groups -OCH3 is 2. The van der Waals surface area contributed by atoms with Crippen LogP contribution in [0.15, 0.2) is 48.2 Å². The van der Waals surface area contributed by atoms with Gasteiger partial charge in [-0.2, -0.15) is 5.26 Å². The van der Waals surface area contributed by atoms with Crippen molar-refractivity contribution >= 4 is 22.8 Å². The van der Waals surface area contributed by atoms with Gasteiger partial charge >= 0.3 is 0 Å². The second kappa shape index (κ2) is 7.16. The van der Waals surface area contributed by atoms with Crippen molar-refractivity contribution in [2.75, 3.05) is 14.2 Å². The predicted molar refractivity (Wildman–Crippen MR) is 101 cm³/mol. The Morgan fingerprint density at radius 1 is 1.15 bits per heavy atom. The molecule has 5 heteroatoms. The number of nitriles is 1. The lowest BCUT2D eigenvalue weighted by Crippen LogP contribution is -2.01. The maximum Gasteiger partial charge on any atom is 0.205 e. The number of carbonyl (C=O) groups excluding carboxylic acids is 1. The van der Waals surface area contributed by atoms with E-state index in [2.05, 4.69) is 4.98 Å². The van der Waals surface area contributed by atoms with Gasteiger partial charge in [-0.05, 0) is 54.5 Å². The Labute approximate surface area is 151 Å². The average molecular weight is 346 g/mol. The first-order chi connectivity index (χ1) is 12.6. The summed E-state index contributed by atoms with van der Waals surface area (Å²) < 4.78 is 10.5. The fraction of sp³-hybridized carbons (Fsp3) is 0.143. The summed E-state index contributed by atoms with van der Waals surface area (Å²) in [5.41, 5.74) is 3.02. The summed E-state index contributed by atoms with van der Waals surface area (Å²) in [6, 6.07) is 13.0. The van der Waals surface area contributed by atoms with Gasteiger partial charge in [-0.3, -0.25) is 4.79 Å². The fourth-order valence-corrected chi connectivity index (χ4v) is 2.87. The van der Waals surface area contributed by atoms with Crippen molar-refractivity contribution in [2.45, 2.75) is 6.92 Å². The molecule has 0 amide bonds. The molecule has 0 saturated carbocycles. The zero-order valence-electron chi connectivity index (χ0n) is 14.8. The van der Waals surface area contributed by atoms with Crippen LogP contribution in [0.3, 0.4) is 0 Å². The van der Waals surface area contributed by atoms with Crippen LogP contribution in [0, 0.1) is 18.3 Å². The number of aryl methyl sites for hydroxylation is 1. The van der Waals surface area contributed by atoms with Crippen molar-refractivity contribution in [3.8, 4) is 17.6 Å². The van der Waals surface area contributed by atoms with Gasteiger partial charge in [0.1, 0.15) is 23.1 Å². The van der Waals surface area contributed by atoms with E-state index in [4.69, 9.17) is 9.47 Å². The molecule has 0 aliphatic heterocycles. The molecular formula is C21H18N2O3. The number of H-pyrrole nitrogens is 1. The van der Waals surface area contributed by atoms with Crippen LogP contribution in [-0.2, 0) is 0 Å². The minimum Gasteiger partial charge on any atom is -0.497 e. The zero-order chi connectivity index (χ0) is 18.7. The summed E-state index contributed by atoms with van der Waals surface area (Å²) in [7, 11) is 3.18. The normalized spacial score (nSPS) is 11.2. The van der Waals surface area contributed by atoms with Crippen LogP contribution in [0.4, 0.5) is 0 Å². The molecule has 1 N–H and O–H groups in total. The van der Waals surface area contributed by atoms with Crippen molar-refractivity contribution in [1.29, 1.82) is 5.26 Å². The van der Waals surface area contributed by atoms with Gasteiger partial charge < -0.3 is 14.5 Å². The van der Waals surface area contributed by atoms with E-state index in [1.54, 1.807) is 32.6 Å². The van der Waals surface area contributed by atoms with Crippen LogP contribution < -0.4 is 9.47 Å². The number of Topliss-reactive ketones (excluding diaryl/α,β-unsaturated/α-hetero) is 1. The first kappa shape index (κ1) is 17.3. The Balaban J connectivity index is 2.02. The number of hydrogen-bond acceptors (Lipinski definition) is 4. The molecule has 1 heterocycles. The van der Waals surface area contributed by atoms with Crippen molar-refractivity contribution in [1.82, 2.24) is 4.98 Å². The molecule has 0 fully saturated rings. The van der Waals surface area contributed by atoms with Crippen LogP contribution >= 0.6 is 0 Å². The first-order valence-electron chi connectivity index (χ1n) is 8.03. The summed E-state index contributed by atoms with van der Waals surface area (Å²) in [6.45, 7) is 1.91. The molecule has 3 aromatic rings. The maximum atomic E-state index is 12.9. The van der Waals surface area contributed by atoms with Gasteiger partial charge in [0.05, 0.1) is 14.2 Å². The molecule has 0 saturated heterocycles. The fourth-order valence-electron chi connectivity index (χ4n) is 2.87. The summed E-state index contributed by atoms with van der Waals surface area (Å²) >= 11 is 0. The lowest BCUT2D eigenvalue weighted by Gasteiger charge is -2.05. The summed E-state index contributed by atoms with van der Waals surface area (Å²) in [5, 5.41) is 10.2. The third kappa shape index (κ3) is 3.17. The largest absolute Gasteiger partial charge is 0.497 e. The maximum absolute atomic E-state index is 12.9. The number of hydrogen-bond donors (Lipinski definition) is 1. The van der Waals surface area contributed by atoms with E-state index in [1.807, 2.05) is 43.3 Å². The third-order valence-electron chi connectivity index (χ3n) is 4.23. The van der Waals surface area contributed by atoms with Gasteiger partial charge in [-0.1, -0.05) is 6.07 Å². The molecule has 0 unspecified atom stereocenters. The first-order valence-corrected chi connectivity index (χ1v) is 8.03. The van der Waals surface area contributed by atoms with Crippen molar-refractivity contribution < 1.29 is 14.3 Å². The smallest absolute Gasteiger partial charge is 0.205 e. The van der Waals surface area contributed by atoms with Gasteiger partial charge in [-0.15, -0.1) is 0 Å². The zero-order valence-corrected chi connectivity index (χ0v) is 14.8. The number of aromatic amines is 1. The Morgan fingerprint density at radius 2 is 1.96 bits per heavy atom. The lowest BCUT2D eigenvalue weighted by atomic mass is 10.0. The van der Waals surface area contributed by atoms with Crippen LogP contribution in [0.25, 0.3) is 17.0 Å². The molecule has 0 radical (unpaired) electrons. The molecule has 0 atom stereocenters. The monoisotopic (exact) mass is 346 g/mol. The lowest BCUT2D eigenvalue weighted by molar-refractivity contribution is 0.104. The number of carbonyl (C=O) groups is 1. The van der Waals surface area contributed by atoms with Crippen LogP contribution in [-0.4, -0.2) is 25.0 Å². The van der Waals surface area contributed by atoms with E-state index in [-0.39, 0.29) is 11.4 Å². The minimum atomic E-state index is -0.333. The van der Waals surface area contributed by atoms with Crippen molar-refractivity contribution in [3.63, 3.8) is 0 Å². The number of allylic oxidation sites excluding steroid dienone is 1. The SMILES string of the molecule is COc1ccc2[nH]cc(C(=O)/C(C#N)=C/c3ccc(OC)c(C)c3)c2c1. The minimum absolute atomic E-state index is 0.0679. The van der Waals surface area contributed by atoms with Gasteiger partial charge in [0.2, 0.25) is 5.78 Å². The number of nitrogens with zero attached hydrogens (tertiary/aromatic N) is 1. The standard InChI is InChI=1S/C21H18N2O3/c1-13-8-14(4-7-20(13)26-3)9-15(11-22)21(24)18-12-23-19-6-5-16(25-2)10-17(18)19/h4-10,12,23H,1-3H3/b15-9+. The van der Waals surface area contributed by atoms with E-state index >= 15 is 0 Å². The van der Waals surface area contributed by atoms with Crippen LogP contribution in [0.2, 0.25) is 0 Å². The topological polar surface area (TPSA) is 75.1 Å². The average Bonchev–Trinajstić information content (AvgIpc) is 3.08.